The zero-order chi connectivity index (χ0) is 21.0. The van der Waals surface area contributed by atoms with E-state index in [4.69, 9.17) is 11.6 Å². The van der Waals surface area contributed by atoms with E-state index in [2.05, 4.69) is 10.0 Å². The zero-order valence-electron chi connectivity index (χ0n) is 14.8. The van der Waals surface area contributed by atoms with Gasteiger partial charge in [0.2, 0.25) is 0 Å². The number of aromatic carboxylic acids is 1. The first-order valence-corrected chi connectivity index (χ1v) is 10.1. The molecule has 0 aliphatic carbocycles. The van der Waals surface area contributed by atoms with Crippen LogP contribution in [0.4, 0.5) is 11.4 Å². The summed E-state index contributed by atoms with van der Waals surface area (Å²) in [7, 11) is -4.04. The molecule has 3 aromatic carbocycles. The molecule has 0 bridgehead atoms. The van der Waals surface area contributed by atoms with Crippen LogP contribution in [0.3, 0.4) is 0 Å². The highest BCUT2D eigenvalue weighted by molar-refractivity contribution is 7.92. The lowest BCUT2D eigenvalue weighted by atomic mass is 10.2. The molecular weight excluding hydrogens is 416 g/mol. The minimum atomic E-state index is -4.04. The largest absolute Gasteiger partial charge is 0.545 e. The molecule has 0 saturated heterocycles. The van der Waals surface area contributed by atoms with Crippen molar-refractivity contribution >= 4 is 44.9 Å². The van der Waals surface area contributed by atoms with Gasteiger partial charge >= 0.3 is 0 Å². The van der Waals surface area contributed by atoms with Gasteiger partial charge < -0.3 is 15.2 Å². The van der Waals surface area contributed by atoms with E-state index in [9.17, 15) is 23.1 Å². The maximum Gasteiger partial charge on any atom is 0.261 e. The summed E-state index contributed by atoms with van der Waals surface area (Å²) in [6, 6.07) is 17.4. The normalized spacial score (nSPS) is 10.9. The maximum absolute atomic E-state index is 12.7. The van der Waals surface area contributed by atoms with E-state index in [1.807, 2.05) is 0 Å². The van der Waals surface area contributed by atoms with Crippen LogP contribution in [0, 0.1) is 0 Å². The summed E-state index contributed by atoms with van der Waals surface area (Å²) in [5.41, 5.74) is 0.596. The third-order valence-electron chi connectivity index (χ3n) is 3.90. The summed E-state index contributed by atoms with van der Waals surface area (Å²) < 4.78 is 27.6. The quantitative estimate of drug-likeness (QED) is 0.625. The van der Waals surface area contributed by atoms with Crippen molar-refractivity contribution in [1.82, 2.24) is 0 Å². The SMILES string of the molecule is O=C([O-])c1ccc(NS(=O)(=O)c2ccc(Cl)c(C(=O)Nc3ccccc3)c2)cc1. The van der Waals surface area contributed by atoms with Crippen molar-refractivity contribution in [1.29, 1.82) is 0 Å². The highest BCUT2D eigenvalue weighted by atomic mass is 35.5. The molecule has 0 aliphatic rings. The standard InChI is InChI=1S/C20H15ClN2O5S/c21-18-11-10-16(12-17(18)19(24)22-14-4-2-1-3-5-14)29(27,28)23-15-8-6-13(7-9-15)20(25)26/h1-12,23H,(H,22,24)(H,25,26)/p-1. The van der Waals surface area contributed by atoms with Crippen LogP contribution in [-0.2, 0) is 10.0 Å². The van der Waals surface area contributed by atoms with E-state index in [-0.39, 0.29) is 26.7 Å². The molecule has 148 valence electrons. The molecule has 0 aliphatic heterocycles. The number of hydrogen-bond acceptors (Lipinski definition) is 5. The molecule has 0 heterocycles. The van der Waals surface area contributed by atoms with Crippen molar-refractivity contribution in [2.24, 2.45) is 0 Å². The highest BCUT2D eigenvalue weighted by Gasteiger charge is 2.19. The molecule has 0 fully saturated rings. The summed E-state index contributed by atoms with van der Waals surface area (Å²) in [4.78, 5) is 23.1. The molecule has 7 nitrogen and oxygen atoms in total. The van der Waals surface area contributed by atoms with E-state index in [1.54, 1.807) is 30.3 Å². The monoisotopic (exact) mass is 429 g/mol. The second kappa shape index (κ2) is 8.34. The summed E-state index contributed by atoms with van der Waals surface area (Å²) in [6.07, 6.45) is 0. The smallest absolute Gasteiger partial charge is 0.261 e. The van der Waals surface area contributed by atoms with Gasteiger partial charge in [0.25, 0.3) is 15.9 Å². The van der Waals surface area contributed by atoms with Gasteiger partial charge in [0.05, 0.1) is 21.5 Å². The Kier molecular flexibility index (Phi) is 5.86. The maximum atomic E-state index is 12.7. The molecule has 0 atom stereocenters. The average molecular weight is 430 g/mol. The number of carboxylic acids is 1. The van der Waals surface area contributed by atoms with Crippen LogP contribution in [0.1, 0.15) is 20.7 Å². The minimum Gasteiger partial charge on any atom is -0.545 e. The number of amides is 1. The molecule has 0 radical (unpaired) electrons. The van der Waals surface area contributed by atoms with Crippen LogP contribution in [-0.4, -0.2) is 20.3 Å². The number of halogens is 1. The van der Waals surface area contributed by atoms with E-state index in [1.165, 1.54) is 42.5 Å². The molecule has 0 unspecified atom stereocenters. The first-order valence-electron chi connectivity index (χ1n) is 8.26. The Hall–Kier alpha value is -3.36. The molecule has 29 heavy (non-hydrogen) atoms. The number of hydrogen-bond donors (Lipinski definition) is 2. The Labute approximate surface area is 172 Å². The third kappa shape index (κ3) is 4.92. The third-order valence-corrected chi connectivity index (χ3v) is 5.61. The van der Waals surface area contributed by atoms with E-state index < -0.39 is 21.9 Å². The number of carbonyl (C=O) groups excluding carboxylic acids is 2. The summed E-state index contributed by atoms with van der Waals surface area (Å²) in [5, 5.41) is 13.5. The summed E-state index contributed by atoms with van der Waals surface area (Å²) >= 11 is 6.08. The zero-order valence-corrected chi connectivity index (χ0v) is 16.3. The number of benzene rings is 3. The van der Waals surface area contributed by atoms with Gasteiger partial charge in [-0.1, -0.05) is 41.9 Å². The molecule has 2 N–H and O–H groups in total. The molecule has 0 spiro atoms. The number of sulfonamides is 1. The molecular formula is C20H14ClN2O5S-. The van der Waals surface area contributed by atoms with E-state index in [0.29, 0.717) is 5.69 Å². The van der Waals surface area contributed by atoms with Crippen LogP contribution in [0.5, 0.6) is 0 Å². The number of rotatable bonds is 6. The molecule has 3 aromatic rings. The van der Waals surface area contributed by atoms with Crippen LogP contribution in [0.15, 0.2) is 77.7 Å². The van der Waals surface area contributed by atoms with Crippen molar-refractivity contribution in [3.05, 3.63) is 88.9 Å². The van der Waals surface area contributed by atoms with Crippen molar-refractivity contribution < 1.29 is 23.1 Å². The van der Waals surface area contributed by atoms with Gasteiger partial charge in [0, 0.05) is 11.4 Å². The Morgan fingerprint density at radius 2 is 1.52 bits per heavy atom. The number of para-hydroxylation sites is 1. The van der Waals surface area contributed by atoms with Crippen molar-refractivity contribution in [2.75, 3.05) is 10.0 Å². The second-order valence-corrected chi connectivity index (χ2v) is 8.02. The second-order valence-electron chi connectivity index (χ2n) is 5.93. The van der Waals surface area contributed by atoms with E-state index in [0.717, 1.165) is 0 Å². The number of carbonyl (C=O) groups is 2. The lowest BCUT2D eigenvalue weighted by molar-refractivity contribution is -0.255. The first kappa shape index (κ1) is 20.4. The molecule has 1 amide bonds. The Morgan fingerprint density at radius 1 is 0.862 bits per heavy atom. The lowest BCUT2D eigenvalue weighted by Gasteiger charge is -2.12. The topological polar surface area (TPSA) is 115 Å². The molecule has 0 saturated carbocycles. The summed E-state index contributed by atoms with van der Waals surface area (Å²) in [5.74, 6) is -1.93. The predicted octanol–water partition coefficient (Wildman–Crippen LogP) is 2.76. The average Bonchev–Trinajstić information content (AvgIpc) is 2.69. The first-order chi connectivity index (χ1) is 13.8. The fourth-order valence-electron chi connectivity index (χ4n) is 2.45. The van der Waals surface area contributed by atoms with Crippen LogP contribution in [0.2, 0.25) is 5.02 Å². The lowest BCUT2D eigenvalue weighted by Crippen LogP contribution is -2.22. The van der Waals surface area contributed by atoms with Crippen LogP contribution >= 0.6 is 11.6 Å². The van der Waals surface area contributed by atoms with Gasteiger partial charge in [-0.15, -0.1) is 0 Å². The van der Waals surface area contributed by atoms with Crippen LogP contribution < -0.4 is 15.1 Å². The molecule has 9 heteroatoms. The molecule has 0 aromatic heterocycles. The van der Waals surface area contributed by atoms with Crippen molar-refractivity contribution in [3.63, 3.8) is 0 Å². The van der Waals surface area contributed by atoms with Gasteiger partial charge in [0.1, 0.15) is 0 Å². The number of anilines is 2. The number of carboxylic acid groups (broad SMARTS) is 1. The van der Waals surface area contributed by atoms with Crippen molar-refractivity contribution in [2.45, 2.75) is 4.90 Å². The highest BCUT2D eigenvalue weighted by Crippen LogP contribution is 2.24. The fourth-order valence-corrected chi connectivity index (χ4v) is 3.74. The Balaban J connectivity index is 1.85. The number of nitrogens with one attached hydrogen (secondary N) is 2. The fraction of sp³-hybridized carbons (Fsp3) is 0. The predicted molar refractivity (Wildman–Crippen MR) is 107 cm³/mol. The van der Waals surface area contributed by atoms with Gasteiger partial charge in [-0.25, -0.2) is 8.42 Å². The van der Waals surface area contributed by atoms with E-state index >= 15 is 0 Å². The van der Waals surface area contributed by atoms with Gasteiger partial charge in [0.15, 0.2) is 0 Å². The van der Waals surface area contributed by atoms with Gasteiger partial charge in [-0.05, 0) is 48.0 Å². The van der Waals surface area contributed by atoms with Crippen molar-refractivity contribution in [3.8, 4) is 0 Å². The van der Waals surface area contributed by atoms with Gasteiger partial charge in [-0.2, -0.15) is 0 Å². The van der Waals surface area contributed by atoms with Gasteiger partial charge in [-0.3, -0.25) is 9.52 Å². The molecule has 3 rings (SSSR count). The minimum absolute atomic E-state index is 0.00862. The van der Waals surface area contributed by atoms with Crippen LogP contribution in [0.25, 0.3) is 0 Å². The Morgan fingerprint density at radius 3 is 2.14 bits per heavy atom. The Bertz CT molecular complexity index is 1160. The summed E-state index contributed by atoms with van der Waals surface area (Å²) in [6.45, 7) is 0.